The van der Waals surface area contributed by atoms with Crippen LogP contribution in [0.15, 0.2) is 54.6 Å². The molecule has 1 aromatic heterocycles. The third-order valence-corrected chi connectivity index (χ3v) is 6.06. The highest BCUT2D eigenvalue weighted by atomic mass is 16.1. The van der Waals surface area contributed by atoms with Crippen LogP contribution in [0, 0.1) is 0 Å². The maximum Gasteiger partial charge on any atom is 0.222 e. The summed E-state index contributed by atoms with van der Waals surface area (Å²) in [5.41, 5.74) is 2.14. The van der Waals surface area contributed by atoms with Crippen molar-refractivity contribution in [3.8, 4) is 0 Å². The zero-order chi connectivity index (χ0) is 20.5. The Bertz CT molecular complexity index is 1040. The SMILES string of the molecule is CC(NC(=O)CCN(c1nc(C2CC2)nc2ccccc12)C1CC1)c1ccccc1. The number of carbonyl (C=O) groups excluding carboxylic acids is 1. The lowest BCUT2D eigenvalue weighted by molar-refractivity contribution is -0.121. The Labute approximate surface area is 177 Å². The number of rotatable bonds is 8. The monoisotopic (exact) mass is 400 g/mol. The van der Waals surface area contributed by atoms with Gasteiger partial charge in [0.1, 0.15) is 11.6 Å². The summed E-state index contributed by atoms with van der Waals surface area (Å²) in [7, 11) is 0. The van der Waals surface area contributed by atoms with Gasteiger partial charge in [0.15, 0.2) is 0 Å². The molecule has 0 spiro atoms. The highest BCUT2D eigenvalue weighted by Crippen LogP contribution is 2.41. The number of hydrogen-bond donors (Lipinski definition) is 1. The number of nitrogens with one attached hydrogen (secondary N) is 1. The van der Waals surface area contributed by atoms with Crippen molar-refractivity contribution in [2.75, 3.05) is 11.4 Å². The van der Waals surface area contributed by atoms with Gasteiger partial charge < -0.3 is 10.2 Å². The lowest BCUT2D eigenvalue weighted by atomic mass is 10.1. The number of hydrogen-bond acceptors (Lipinski definition) is 4. The van der Waals surface area contributed by atoms with Gasteiger partial charge in [0.2, 0.25) is 5.91 Å². The first kappa shape index (κ1) is 19.0. The second kappa shape index (κ2) is 8.05. The zero-order valence-corrected chi connectivity index (χ0v) is 17.4. The average Bonchev–Trinajstić information content (AvgIpc) is 3.67. The van der Waals surface area contributed by atoms with Gasteiger partial charge in [-0.2, -0.15) is 0 Å². The van der Waals surface area contributed by atoms with Gasteiger partial charge in [-0.1, -0.05) is 42.5 Å². The van der Waals surface area contributed by atoms with E-state index < -0.39 is 0 Å². The largest absolute Gasteiger partial charge is 0.352 e. The van der Waals surface area contributed by atoms with Crippen molar-refractivity contribution in [2.45, 2.75) is 57.0 Å². The summed E-state index contributed by atoms with van der Waals surface area (Å²) in [4.78, 5) is 24.8. The molecule has 5 nitrogen and oxygen atoms in total. The van der Waals surface area contributed by atoms with Crippen molar-refractivity contribution in [1.82, 2.24) is 15.3 Å². The lowest BCUT2D eigenvalue weighted by Crippen LogP contribution is -2.34. The Balaban J connectivity index is 1.33. The molecule has 0 aliphatic heterocycles. The minimum atomic E-state index is 0.00873. The number of aromatic nitrogens is 2. The summed E-state index contributed by atoms with van der Waals surface area (Å²) in [5, 5.41) is 4.23. The molecular formula is C25H28N4O. The van der Waals surface area contributed by atoms with Gasteiger partial charge in [0, 0.05) is 30.3 Å². The van der Waals surface area contributed by atoms with Crippen LogP contribution in [0.25, 0.3) is 10.9 Å². The number of nitrogens with zero attached hydrogens (tertiary/aromatic N) is 3. The van der Waals surface area contributed by atoms with Crippen LogP contribution < -0.4 is 10.2 Å². The van der Waals surface area contributed by atoms with Gasteiger partial charge in [-0.05, 0) is 50.3 Å². The van der Waals surface area contributed by atoms with Crippen LogP contribution in [0.5, 0.6) is 0 Å². The molecule has 2 fully saturated rings. The summed E-state index contributed by atoms with van der Waals surface area (Å²) in [6.07, 6.45) is 5.16. The standard InChI is InChI=1S/C25H28N4O/c1-17(18-7-3-2-4-8-18)26-23(30)15-16-29(20-13-14-20)25-21-9-5-6-10-22(21)27-24(28-25)19-11-12-19/h2-10,17,19-20H,11-16H2,1H3,(H,26,30). The van der Waals surface area contributed by atoms with Crippen LogP contribution in [0.2, 0.25) is 0 Å². The molecule has 1 atom stereocenters. The summed E-state index contributed by atoms with van der Waals surface area (Å²) in [6, 6.07) is 18.9. The van der Waals surface area contributed by atoms with Crippen molar-refractivity contribution in [2.24, 2.45) is 0 Å². The van der Waals surface area contributed by atoms with Crippen molar-refractivity contribution in [3.63, 3.8) is 0 Å². The van der Waals surface area contributed by atoms with Gasteiger partial charge in [-0.25, -0.2) is 9.97 Å². The Morgan fingerprint density at radius 1 is 1.03 bits per heavy atom. The molecule has 154 valence electrons. The van der Waals surface area contributed by atoms with E-state index in [1.807, 2.05) is 49.4 Å². The van der Waals surface area contributed by atoms with E-state index in [9.17, 15) is 4.79 Å². The Kier molecular flexibility index (Phi) is 5.11. The van der Waals surface area contributed by atoms with E-state index in [2.05, 4.69) is 22.3 Å². The normalized spacial score (nSPS) is 17.0. The second-order valence-corrected chi connectivity index (χ2v) is 8.57. The molecule has 0 radical (unpaired) electrons. The predicted molar refractivity (Wildman–Crippen MR) is 119 cm³/mol. The van der Waals surface area contributed by atoms with Crippen molar-refractivity contribution in [1.29, 1.82) is 0 Å². The number of carbonyl (C=O) groups is 1. The van der Waals surface area contributed by atoms with Crippen LogP contribution in [-0.4, -0.2) is 28.5 Å². The van der Waals surface area contributed by atoms with Gasteiger partial charge >= 0.3 is 0 Å². The van der Waals surface area contributed by atoms with E-state index in [1.54, 1.807) is 0 Å². The first-order valence-electron chi connectivity index (χ1n) is 11.1. The van der Waals surface area contributed by atoms with E-state index in [0.717, 1.165) is 28.1 Å². The van der Waals surface area contributed by atoms with Gasteiger partial charge in [0.05, 0.1) is 11.6 Å². The highest BCUT2D eigenvalue weighted by molar-refractivity contribution is 5.90. The molecule has 1 amide bonds. The first-order chi connectivity index (χ1) is 14.7. The van der Waals surface area contributed by atoms with Crippen molar-refractivity contribution < 1.29 is 4.79 Å². The van der Waals surface area contributed by atoms with E-state index in [-0.39, 0.29) is 11.9 Å². The summed E-state index contributed by atoms with van der Waals surface area (Å²) in [5.74, 6) is 2.56. The van der Waals surface area contributed by atoms with E-state index in [0.29, 0.717) is 24.9 Å². The molecule has 2 aromatic carbocycles. The van der Waals surface area contributed by atoms with Gasteiger partial charge in [-0.15, -0.1) is 0 Å². The number of para-hydroxylation sites is 1. The first-order valence-corrected chi connectivity index (χ1v) is 11.1. The molecule has 2 saturated carbocycles. The quantitative estimate of drug-likeness (QED) is 0.593. The topological polar surface area (TPSA) is 58.1 Å². The molecule has 0 bridgehead atoms. The third kappa shape index (κ3) is 4.16. The average molecular weight is 401 g/mol. The number of benzene rings is 2. The molecule has 1 N–H and O–H groups in total. The van der Waals surface area contributed by atoms with Crippen LogP contribution in [0.4, 0.5) is 5.82 Å². The van der Waals surface area contributed by atoms with Crippen molar-refractivity contribution >= 4 is 22.6 Å². The summed E-state index contributed by atoms with van der Waals surface area (Å²) < 4.78 is 0. The predicted octanol–water partition coefficient (Wildman–Crippen LogP) is 4.74. The number of anilines is 1. The number of amides is 1. The summed E-state index contributed by atoms with van der Waals surface area (Å²) >= 11 is 0. The van der Waals surface area contributed by atoms with Gasteiger partial charge in [0.25, 0.3) is 0 Å². The van der Waals surface area contributed by atoms with Crippen LogP contribution in [0.1, 0.15) is 62.4 Å². The number of fused-ring (bicyclic) bond motifs is 1. The molecule has 5 rings (SSSR count). The minimum Gasteiger partial charge on any atom is -0.352 e. The van der Waals surface area contributed by atoms with Crippen molar-refractivity contribution in [3.05, 3.63) is 66.0 Å². The molecule has 0 saturated heterocycles. The van der Waals surface area contributed by atoms with E-state index >= 15 is 0 Å². The molecule has 2 aliphatic rings. The molecule has 30 heavy (non-hydrogen) atoms. The third-order valence-electron chi connectivity index (χ3n) is 6.06. The maximum atomic E-state index is 12.7. The maximum absolute atomic E-state index is 12.7. The fraction of sp³-hybridized carbons (Fsp3) is 0.400. The lowest BCUT2D eigenvalue weighted by Gasteiger charge is -2.25. The van der Waals surface area contributed by atoms with E-state index in [1.165, 1.54) is 25.7 Å². The van der Waals surface area contributed by atoms with Gasteiger partial charge in [-0.3, -0.25) is 4.79 Å². The van der Waals surface area contributed by atoms with Crippen LogP contribution in [0.3, 0.4) is 0 Å². The Morgan fingerprint density at radius 2 is 1.77 bits per heavy atom. The molecule has 1 heterocycles. The van der Waals surface area contributed by atoms with Crippen LogP contribution >= 0.6 is 0 Å². The Hall–Kier alpha value is -2.95. The zero-order valence-electron chi connectivity index (χ0n) is 17.4. The second-order valence-electron chi connectivity index (χ2n) is 8.57. The molecule has 3 aromatic rings. The highest BCUT2D eigenvalue weighted by Gasteiger charge is 2.33. The fourth-order valence-corrected chi connectivity index (χ4v) is 4.03. The fourth-order valence-electron chi connectivity index (χ4n) is 4.03. The van der Waals surface area contributed by atoms with E-state index in [4.69, 9.17) is 9.97 Å². The smallest absolute Gasteiger partial charge is 0.222 e. The molecular weight excluding hydrogens is 372 g/mol. The molecule has 2 aliphatic carbocycles. The summed E-state index contributed by atoms with van der Waals surface area (Å²) in [6.45, 7) is 2.72. The molecule has 5 heteroatoms. The Morgan fingerprint density at radius 3 is 2.50 bits per heavy atom. The molecule has 1 unspecified atom stereocenters. The minimum absolute atomic E-state index is 0.00873. The van der Waals surface area contributed by atoms with Crippen LogP contribution in [-0.2, 0) is 4.79 Å².